The minimum absolute atomic E-state index is 0.385. The lowest BCUT2D eigenvalue weighted by Crippen LogP contribution is -2.35. The molecule has 0 spiro atoms. The molecule has 3 aromatic carbocycles. The lowest BCUT2D eigenvalue weighted by atomic mass is 9.99. The SMILES string of the molecule is N#Cc1cccc(C(Oc2ccccc2CN2CCC[C@H]2C(=O)O)c2ccccc2)c1. The van der Waals surface area contributed by atoms with Gasteiger partial charge in [0.25, 0.3) is 0 Å². The Morgan fingerprint density at radius 3 is 2.58 bits per heavy atom. The summed E-state index contributed by atoms with van der Waals surface area (Å²) in [6.45, 7) is 1.28. The fourth-order valence-corrected chi connectivity index (χ4v) is 4.12. The van der Waals surface area contributed by atoms with Crippen molar-refractivity contribution in [2.24, 2.45) is 0 Å². The Balaban J connectivity index is 1.66. The molecule has 1 unspecified atom stereocenters. The Labute approximate surface area is 182 Å². The number of benzene rings is 3. The van der Waals surface area contributed by atoms with Crippen molar-refractivity contribution in [3.8, 4) is 11.8 Å². The van der Waals surface area contributed by atoms with E-state index in [1.54, 1.807) is 6.07 Å². The van der Waals surface area contributed by atoms with Crippen molar-refractivity contribution in [3.05, 3.63) is 101 Å². The van der Waals surface area contributed by atoms with E-state index < -0.39 is 12.0 Å². The lowest BCUT2D eigenvalue weighted by Gasteiger charge is -2.25. The number of rotatable bonds is 7. The number of carboxylic acid groups (broad SMARTS) is 1. The van der Waals surface area contributed by atoms with Gasteiger partial charge in [0.15, 0.2) is 0 Å². The number of hydrogen-bond donors (Lipinski definition) is 1. The van der Waals surface area contributed by atoms with Crippen molar-refractivity contribution in [3.63, 3.8) is 0 Å². The third-order valence-electron chi connectivity index (χ3n) is 5.66. The van der Waals surface area contributed by atoms with Crippen LogP contribution < -0.4 is 4.74 Å². The number of nitriles is 1. The largest absolute Gasteiger partial charge is 0.481 e. The number of ether oxygens (including phenoxy) is 1. The average molecular weight is 412 g/mol. The van der Waals surface area contributed by atoms with E-state index in [9.17, 15) is 15.2 Å². The molecule has 0 aromatic heterocycles. The number of aliphatic carboxylic acids is 1. The molecule has 0 amide bonds. The van der Waals surface area contributed by atoms with E-state index in [0.717, 1.165) is 35.4 Å². The van der Waals surface area contributed by atoms with Crippen LogP contribution in [0.5, 0.6) is 5.75 Å². The molecule has 156 valence electrons. The van der Waals surface area contributed by atoms with Gasteiger partial charge in [0, 0.05) is 12.1 Å². The van der Waals surface area contributed by atoms with E-state index >= 15 is 0 Å². The van der Waals surface area contributed by atoms with Crippen molar-refractivity contribution in [1.82, 2.24) is 4.90 Å². The summed E-state index contributed by atoms with van der Waals surface area (Å²) >= 11 is 0. The number of para-hydroxylation sites is 1. The number of carboxylic acids is 1. The number of nitrogens with zero attached hydrogens (tertiary/aromatic N) is 2. The van der Waals surface area contributed by atoms with Gasteiger partial charge in [-0.1, -0.05) is 60.7 Å². The molecular formula is C26H24N2O3. The fourth-order valence-electron chi connectivity index (χ4n) is 4.12. The molecule has 5 nitrogen and oxygen atoms in total. The zero-order chi connectivity index (χ0) is 21.6. The zero-order valence-corrected chi connectivity index (χ0v) is 17.1. The molecule has 0 bridgehead atoms. The van der Waals surface area contributed by atoms with Gasteiger partial charge in [-0.05, 0) is 48.7 Å². The van der Waals surface area contributed by atoms with Crippen LogP contribution in [-0.4, -0.2) is 28.6 Å². The second-order valence-corrected chi connectivity index (χ2v) is 7.72. The van der Waals surface area contributed by atoms with Crippen LogP contribution in [0.3, 0.4) is 0 Å². The number of carbonyl (C=O) groups is 1. The molecule has 0 saturated carbocycles. The maximum absolute atomic E-state index is 11.6. The fraction of sp³-hybridized carbons (Fsp3) is 0.231. The minimum Gasteiger partial charge on any atom is -0.481 e. The Morgan fingerprint density at radius 2 is 1.81 bits per heavy atom. The van der Waals surface area contributed by atoms with Gasteiger partial charge in [0.1, 0.15) is 17.9 Å². The number of likely N-dealkylation sites (tertiary alicyclic amines) is 1. The van der Waals surface area contributed by atoms with Crippen LogP contribution in [0, 0.1) is 11.3 Å². The van der Waals surface area contributed by atoms with Crippen LogP contribution in [0.4, 0.5) is 0 Å². The summed E-state index contributed by atoms with van der Waals surface area (Å²) in [5, 5.41) is 18.9. The van der Waals surface area contributed by atoms with E-state index in [4.69, 9.17) is 4.74 Å². The van der Waals surface area contributed by atoms with Crippen LogP contribution in [-0.2, 0) is 11.3 Å². The molecule has 0 radical (unpaired) electrons. The zero-order valence-electron chi connectivity index (χ0n) is 17.1. The summed E-state index contributed by atoms with van der Waals surface area (Å²) in [6.07, 6.45) is 1.17. The summed E-state index contributed by atoms with van der Waals surface area (Å²) in [7, 11) is 0. The first kappa shape index (κ1) is 20.6. The summed E-state index contributed by atoms with van der Waals surface area (Å²) < 4.78 is 6.54. The molecule has 1 heterocycles. The van der Waals surface area contributed by atoms with Gasteiger partial charge >= 0.3 is 5.97 Å². The third kappa shape index (κ3) is 4.76. The van der Waals surface area contributed by atoms with Crippen LogP contribution in [0.25, 0.3) is 0 Å². The molecule has 1 saturated heterocycles. The van der Waals surface area contributed by atoms with Crippen LogP contribution in [0.15, 0.2) is 78.9 Å². The van der Waals surface area contributed by atoms with E-state index in [1.807, 2.05) is 77.7 Å². The third-order valence-corrected chi connectivity index (χ3v) is 5.66. The molecule has 1 fully saturated rings. The summed E-state index contributed by atoms with van der Waals surface area (Å²) in [5.74, 6) is -0.0545. The van der Waals surface area contributed by atoms with Crippen LogP contribution >= 0.6 is 0 Å². The highest BCUT2D eigenvalue weighted by Gasteiger charge is 2.31. The first-order chi connectivity index (χ1) is 15.2. The van der Waals surface area contributed by atoms with E-state index in [2.05, 4.69) is 6.07 Å². The van der Waals surface area contributed by atoms with Gasteiger partial charge < -0.3 is 9.84 Å². The standard InChI is InChI=1S/C26H24N2O3/c27-17-19-8-6-12-21(16-19)25(20-9-2-1-3-10-20)31-24-14-5-4-11-22(24)18-28-15-7-13-23(28)26(29)30/h1-6,8-12,14,16,23,25H,7,13,15,18H2,(H,29,30)/t23-,25?/m0/s1. The molecule has 1 aliphatic heterocycles. The second-order valence-electron chi connectivity index (χ2n) is 7.72. The summed E-state index contributed by atoms with van der Waals surface area (Å²) in [4.78, 5) is 13.6. The Bertz CT molecular complexity index is 1090. The maximum atomic E-state index is 11.6. The Hall–Kier alpha value is -3.62. The monoisotopic (exact) mass is 412 g/mol. The molecule has 1 N–H and O–H groups in total. The molecule has 1 aliphatic rings. The quantitative estimate of drug-likeness (QED) is 0.605. The Kier molecular flexibility index (Phi) is 6.30. The van der Waals surface area contributed by atoms with Gasteiger partial charge in [0.2, 0.25) is 0 Å². The van der Waals surface area contributed by atoms with Crippen LogP contribution in [0.1, 0.15) is 41.2 Å². The molecule has 0 aliphatic carbocycles. The van der Waals surface area contributed by atoms with Gasteiger partial charge in [-0.25, -0.2) is 0 Å². The van der Waals surface area contributed by atoms with Crippen molar-refractivity contribution in [1.29, 1.82) is 5.26 Å². The normalized spacial score (nSPS) is 17.1. The van der Waals surface area contributed by atoms with E-state index in [1.165, 1.54) is 0 Å². The summed E-state index contributed by atoms with van der Waals surface area (Å²) in [6, 6.07) is 26.9. The van der Waals surface area contributed by atoms with Gasteiger partial charge in [-0.15, -0.1) is 0 Å². The predicted octanol–water partition coefficient (Wildman–Crippen LogP) is 4.78. The van der Waals surface area contributed by atoms with Crippen LogP contribution in [0.2, 0.25) is 0 Å². The van der Waals surface area contributed by atoms with Gasteiger partial charge in [-0.2, -0.15) is 5.26 Å². The topological polar surface area (TPSA) is 73.6 Å². The van der Waals surface area contributed by atoms with Gasteiger partial charge in [-0.3, -0.25) is 9.69 Å². The highest BCUT2D eigenvalue weighted by atomic mass is 16.5. The first-order valence-corrected chi connectivity index (χ1v) is 10.4. The maximum Gasteiger partial charge on any atom is 0.320 e. The van der Waals surface area contributed by atoms with E-state index in [0.29, 0.717) is 18.5 Å². The molecule has 3 aromatic rings. The van der Waals surface area contributed by atoms with Crippen molar-refractivity contribution in [2.75, 3.05) is 6.54 Å². The molecule has 2 atom stereocenters. The Morgan fingerprint density at radius 1 is 1.06 bits per heavy atom. The minimum atomic E-state index is -0.772. The molecule has 31 heavy (non-hydrogen) atoms. The first-order valence-electron chi connectivity index (χ1n) is 10.4. The number of hydrogen-bond acceptors (Lipinski definition) is 4. The lowest BCUT2D eigenvalue weighted by molar-refractivity contribution is -0.142. The second kappa shape index (κ2) is 9.46. The van der Waals surface area contributed by atoms with Crippen molar-refractivity contribution < 1.29 is 14.6 Å². The molecule has 5 heteroatoms. The predicted molar refractivity (Wildman–Crippen MR) is 118 cm³/mol. The smallest absolute Gasteiger partial charge is 0.320 e. The summed E-state index contributed by atoms with van der Waals surface area (Å²) in [5.41, 5.74) is 3.41. The van der Waals surface area contributed by atoms with Crippen molar-refractivity contribution >= 4 is 5.97 Å². The van der Waals surface area contributed by atoms with Crippen molar-refractivity contribution in [2.45, 2.75) is 31.5 Å². The molecule has 4 rings (SSSR count). The average Bonchev–Trinajstić information content (AvgIpc) is 3.27. The highest BCUT2D eigenvalue weighted by molar-refractivity contribution is 5.73. The highest BCUT2D eigenvalue weighted by Crippen LogP contribution is 2.32. The van der Waals surface area contributed by atoms with E-state index in [-0.39, 0.29) is 6.10 Å². The molecular weight excluding hydrogens is 388 g/mol. The van der Waals surface area contributed by atoms with Gasteiger partial charge in [0.05, 0.1) is 11.6 Å².